The lowest BCUT2D eigenvalue weighted by atomic mass is 10.1. The second kappa shape index (κ2) is 12.0. The highest BCUT2D eigenvalue weighted by molar-refractivity contribution is 5.82. The summed E-state index contributed by atoms with van der Waals surface area (Å²) in [6.45, 7) is 4.02. The molecule has 3 N–H and O–H groups in total. The van der Waals surface area contributed by atoms with E-state index in [0.717, 1.165) is 12.3 Å². The maximum Gasteiger partial charge on any atom is 0.360 e. The van der Waals surface area contributed by atoms with Crippen LogP contribution in [-0.4, -0.2) is 34.1 Å². The monoisotopic (exact) mass is 350 g/mol. The van der Waals surface area contributed by atoms with Gasteiger partial charge in [-0.3, -0.25) is 5.73 Å². The highest BCUT2D eigenvalue weighted by atomic mass is 16.4. The van der Waals surface area contributed by atoms with E-state index in [1.54, 1.807) is 12.4 Å². The molecule has 0 aromatic carbocycles. The average Bonchev–Trinajstić information content (AvgIpc) is 2.96. The van der Waals surface area contributed by atoms with Crippen LogP contribution in [-0.2, 0) is 4.79 Å². The molecule has 1 aliphatic rings. The number of carbonyl (C=O) groups is 1. The fourth-order valence-corrected chi connectivity index (χ4v) is 3.24. The molecule has 0 aromatic heterocycles. The third-order valence-corrected chi connectivity index (χ3v) is 4.85. The summed E-state index contributed by atoms with van der Waals surface area (Å²) in [7, 11) is 0. The van der Waals surface area contributed by atoms with Gasteiger partial charge in [-0.05, 0) is 12.8 Å². The number of nitrogens with zero attached hydrogens (tertiary/aromatic N) is 2. The van der Waals surface area contributed by atoms with Gasteiger partial charge in [-0.15, -0.1) is 0 Å². The number of aliphatic carboxylic acids is 1. The minimum atomic E-state index is -0.862. The van der Waals surface area contributed by atoms with Crippen molar-refractivity contribution in [1.29, 1.82) is 0 Å². The molecule has 0 aromatic rings. The smallest absolute Gasteiger partial charge is 0.360 e. The fourth-order valence-electron chi connectivity index (χ4n) is 3.24. The molecule has 5 nitrogen and oxygen atoms in total. The van der Waals surface area contributed by atoms with Crippen LogP contribution >= 0.6 is 0 Å². The third-order valence-electron chi connectivity index (χ3n) is 4.85. The Balaban J connectivity index is 2.26. The van der Waals surface area contributed by atoms with Crippen molar-refractivity contribution in [3.8, 4) is 0 Å². The normalized spacial score (nSPS) is 21.0. The Morgan fingerprint density at radius 2 is 1.84 bits per heavy atom. The van der Waals surface area contributed by atoms with E-state index in [2.05, 4.69) is 24.1 Å². The van der Waals surface area contributed by atoms with Gasteiger partial charge in [-0.2, -0.15) is 0 Å². The van der Waals surface area contributed by atoms with Gasteiger partial charge in [0.1, 0.15) is 12.4 Å². The van der Waals surface area contributed by atoms with E-state index in [1.807, 2.05) is 6.92 Å². The summed E-state index contributed by atoms with van der Waals surface area (Å²) in [6, 6.07) is 0. The van der Waals surface area contributed by atoms with Crippen LogP contribution < -0.4 is 5.73 Å². The number of quaternary nitrogens is 1. The molecule has 2 atom stereocenters. The maximum absolute atomic E-state index is 11.2. The molecule has 2 unspecified atom stereocenters. The van der Waals surface area contributed by atoms with E-state index >= 15 is 0 Å². The van der Waals surface area contributed by atoms with Gasteiger partial charge in [-0.25, -0.2) is 14.3 Å². The van der Waals surface area contributed by atoms with Crippen molar-refractivity contribution in [3.05, 3.63) is 24.6 Å². The van der Waals surface area contributed by atoms with Crippen LogP contribution in [0.4, 0.5) is 0 Å². The van der Waals surface area contributed by atoms with Crippen molar-refractivity contribution >= 4 is 11.8 Å². The summed E-state index contributed by atoms with van der Waals surface area (Å²) in [5.41, 5.74) is 6.05. The highest BCUT2D eigenvalue weighted by Gasteiger charge is 2.40. The number of nitrogens with two attached hydrogens (primary N) is 1. The molecule has 0 radical (unpaired) electrons. The van der Waals surface area contributed by atoms with Gasteiger partial charge in [0.15, 0.2) is 6.54 Å². The Hall–Kier alpha value is -1.46. The largest absolute Gasteiger partial charge is 0.477 e. The zero-order valence-corrected chi connectivity index (χ0v) is 16.0. The van der Waals surface area contributed by atoms with E-state index in [1.165, 1.54) is 51.4 Å². The van der Waals surface area contributed by atoms with E-state index in [9.17, 15) is 9.90 Å². The van der Waals surface area contributed by atoms with Crippen LogP contribution in [0, 0.1) is 0 Å². The maximum atomic E-state index is 11.2. The lowest BCUT2D eigenvalue weighted by molar-refractivity contribution is -0.805. The molecule has 0 spiro atoms. The minimum absolute atomic E-state index is 0.0567. The summed E-state index contributed by atoms with van der Waals surface area (Å²) < 4.78 is 0.122. The molecule has 5 heteroatoms. The van der Waals surface area contributed by atoms with Gasteiger partial charge in [0, 0.05) is 6.92 Å². The molecule has 0 saturated carbocycles. The van der Waals surface area contributed by atoms with Crippen molar-refractivity contribution in [2.75, 3.05) is 6.54 Å². The molecule has 0 saturated heterocycles. The first-order valence-electron chi connectivity index (χ1n) is 9.77. The second-order valence-electron chi connectivity index (χ2n) is 7.01. The molecule has 0 amide bonds. The summed E-state index contributed by atoms with van der Waals surface area (Å²) in [4.78, 5) is 15.6. The zero-order valence-electron chi connectivity index (χ0n) is 16.0. The Labute approximate surface area is 152 Å². The topological polar surface area (TPSA) is 75.7 Å². The summed E-state index contributed by atoms with van der Waals surface area (Å²) in [5.74, 6) is -0.0518. The van der Waals surface area contributed by atoms with Crippen molar-refractivity contribution < 1.29 is 14.4 Å². The molecule has 1 aliphatic heterocycles. The predicted octanol–water partition coefficient (Wildman–Crippen LogP) is 4.55. The molecular formula is C20H36N3O2+. The SMILES string of the molecule is CCCCCCCCCC/C=C/CC1=NC=C[N+]1(CC(=O)O)C(C)N. The van der Waals surface area contributed by atoms with Crippen LogP contribution in [0.3, 0.4) is 0 Å². The zero-order chi connectivity index (χ0) is 18.5. The van der Waals surface area contributed by atoms with Gasteiger partial charge in [-0.1, -0.05) is 64.0 Å². The second-order valence-corrected chi connectivity index (χ2v) is 7.01. The van der Waals surface area contributed by atoms with E-state index < -0.39 is 5.97 Å². The lowest BCUT2D eigenvalue weighted by Crippen LogP contribution is -2.58. The number of allylic oxidation sites excluding steroid dienone is 1. The quantitative estimate of drug-likeness (QED) is 0.274. The number of unbranched alkanes of at least 4 members (excludes halogenated alkanes) is 8. The van der Waals surface area contributed by atoms with Gasteiger partial charge >= 0.3 is 5.97 Å². The first kappa shape index (κ1) is 21.6. The Bertz CT molecular complexity index is 483. The van der Waals surface area contributed by atoms with Crippen molar-refractivity contribution in [3.63, 3.8) is 0 Å². The van der Waals surface area contributed by atoms with Crippen molar-refractivity contribution in [1.82, 2.24) is 0 Å². The van der Waals surface area contributed by atoms with Crippen molar-refractivity contribution in [2.45, 2.75) is 84.2 Å². The van der Waals surface area contributed by atoms with Crippen LogP contribution in [0.5, 0.6) is 0 Å². The van der Waals surface area contributed by atoms with Crippen LogP contribution in [0.1, 0.15) is 78.1 Å². The van der Waals surface area contributed by atoms with Gasteiger partial charge in [0.05, 0.1) is 12.6 Å². The molecule has 1 rings (SSSR count). The third kappa shape index (κ3) is 7.53. The number of aliphatic imine (C=N–C) groups is 1. The number of carboxylic acids is 1. The Kier molecular flexibility index (Phi) is 10.3. The number of rotatable bonds is 14. The first-order chi connectivity index (χ1) is 12.0. The summed E-state index contributed by atoms with van der Waals surface area (Å²) >= 11 is 0. The van der Waals surface area contributed by atoms with Crippen LogP contribution in [0.15, 0.2) is 29.5 Å². The summed E-state index contributed by atoms with van der Waals surface area (Å²) in [5, 5.41) is 9.19. The lowest BCUT2D eigenvalue weighted by Gasteiger charge is -2.34. The minimum Gasteiger partial charge on any atom is -0.477 e. The molecular weight excluding hydrogens is 314 g/mol. The van der Waals surface area contributed by atoms with E-state index in [-0.39, 0.29) is 17.2 Å². The molecule has 0 bridgehead atoms. The molecule has 0 fully saturated rings. The van der Waals surface area contributed by atoms with Gasteiger partial charge < -0.3 is 5.11 Å². The van der Waals surface area contributed by atoms with E-state index in [0.29, 0.717) is 6.42 Å². The Morgan fingerprint density at radius 3 is 2.44 bits per heavy atom. The predicted molar refractivity (Wildman–Crippen MR) is 104 cm³/mol. The number of carboxylic acid groups (broad SMARTS) is 1. The molecule has 0 aliphatic carbocycles. The van der Waals surface area contributed by atoms with Gasteiger partial charge in [0.25, 0.3) is 0 Å². The highest BCUT2D eigenvalue weighted by Crippen LogP contribution is 2.22. The first-order valence-corrected chi connectivity index (χ1v) is 9.77. The number of hydrogen-bond donors (Lipinski definition) is 2. The number of hydrogen-bond acceptors (Lipinski definition) is 3. The standard InChI is InChI=1S/C20H35N3O2/c1-3-4-5-6-7-8-9-10-11-12-13-14-19-22-15-16-23(19,18(2)21)17-20(24)25/h12-13,15-16,18H,3-11,14,17,21H2,1-2H3/p+1/b13-12+. The molecule has 1 heterocycles. The van der Waals surface area contributed by atoms with Crippen LogP contribution in [0.25, 0.3) is 0 Å². The Morgan fingerprint density at radius 1 is 1.20 bits per heavy atom. The molecule has 25 heavy (non-hydrogen) atoms. The average molecular weight is 351 g/mol. The van der Waals surface area contributed by atoms with Crippen LogP contribution in [0.2, 0.25) is 0 Å². The number of amidine groups is 1. The van der Waals surface area contributed by atoms with Crippen molar-refractivity contribution in [2.24, 2.45) is 10.7 Å². The fraction of sp³-hybridized carbons (Fsp3) is 0.700. The summed E-state index contributed by atoms with van der Waals surface area (Å²) in [6.07, 6.45) is 19.8. The van der Waals surface area contributed by atoms with E-state index in [4.69, 9.17) is 5.73 Å². The van der Waals surface area contributed by atoms with Gasteiger partial charge in [0.2, 0.25) is 5.84 Å². The molecule has 142 valence electrons.